The third-order valence-corrected chi connectivity index (χ3v) is 3.50. The number of nitro groups is 1. The van der Waals surface area contributed by atoms with Crippen molar-refractivity contribution in [2.45, 2.75) is 24.4 Å². The summed E-state index contributed by atoms with van der Waals surface area (Å²) in [6.07, 6.45) is 2.96. The maximum absolute atomic E-state index is 12.2. The number of nitrogens with one attached hydrogen (secondary N) is 1. The topological polar surface area (TPSA) is 138 Å². The van der Waals surface area contributed by atoms with Crippen LogP contribution in [-0.4, -0.2) is 56.1 Å². The highest BCUT2D eigenvalue weighted by molar-refractivity contribution is 5.94. The number of rotatable bonds is 7. The largest absolute Gasteiger partial charge is 0.394 e. The lowest BCUT2D eigenvalue weighted by Crippen LogP contribution is -2.57. The van der Waals surface area contributed by atoms with E-state index in [1.54, 1.807) is 0 Å². The molecule has 0 aliphatic heterocycles. The number of hydrogen-bond donors (Lipinski definition) is 4. The Bertz CT molecular complexity index is 539. The molecule has 0 spiro atoms. The number of aliphatic hydroxyl groups is 3. The summed E-state index contributed by atoms with van der Waals surface area (Å²) in [5.74, 6) is -0.688. The number of carbonyl (C=O) groups excluding carboxylic acids is 1. The van der Waals surface area contributed by atoms with Gasteiger partial charge in [-0.3, -0.25) is 14.9 Å². The average Bonchev–Trinajstić information content (AvgIpc) is 3.22. The number of carbonyl (C=O) groups is 1. The van der Waals surface area contributed by atoms with Crippen molar-refractivity contribution in [3.8, 4) is 0 Å². The molecule has 0 bridgehead atoms. The molecule has 0 saturated heterocycles. The van der Waals surface area contributed by atoms with Crippen molar-refractivity contribution in [2.75, 3.05) is 19.8 Å². The first-order valence-electron chi connectivity index (χ1n) is 6.47. The summed E-state index contributed by atoms with van der Waals surface area (Å²) < 4.78 is 1.52. The van der Waals surface area contributed by atoms with Crippen molar-refractivity contribution in [3.05, 3.63) is 28.1 Å². The molecule has 21 heavy (non-hydrogen) atoms. The molecule has 1 heterocycles. The number of nitrogens with zero attached hydrogens (tertiary/aromatic N) is 2. The van der Waals surface area contributed by atoms with Crippen molar-refractivity contribution in [2.24, 2.45) is 0 Å². The molecule has 1 aliphatic carbocycles. The Kier molecular flexibility index (Phi) is 4.26. The van der Waals surface area contributed by atoms with E-state index in [-0.39, 0.29) is 17.4 Å². The molecular formula is C12H17N3O6. The zero-order chi connectivity index (χ0) is 15.6. The van der Waals surface area contributed by atoms with Gasteiger partial charge in [-0.1, -0.05) is 0 Å². The number of amides is 1. The predicted molar refractivity (Wildman–Crippen MR) is 70.8 cm³/mol. The molecule has 9 heteroatoms. The van der Waals surface area contributed by atoms with E-state index in [2.05, 4.69) is 5.32 Å². The van der Waals surface area contributed by atoms with E-state index in [1.165, 1.54) is 10.8 Å². The van der Waals surface area contributed by atoms with Crippen LogP contribution in [0.2, 0.25) is 0 Å². The predicted octanol–water partition coefficient (Wildman–Crippen LogP) is -0.823. The Morgan fingerprint density at radius 3 is 2.38 bits per heavy atom. The Morgan fingerprint density at radius 2 is 1.95 bits per heavy atom. The zero-order valence-electron chi connectivity index (χ0n) is 11.2. The fourth-order valence-corrected chi connectivity index (χ4v) is 1.97. The van der Waals surface area contributed by atoms with Gasteiger partial charge in [0.25, 0.3) is 11.6 Å². The highest BCUT2D eigenvalue weighted by atomic mass is 16.6. The fourth-order valence-electron chi connectivity index (χ4n) is 1.97. The van der Waals surface area contributed by atoms with Crippen LogP contribution in [0.1, 0.15) is 29.4 Å². The van der Waals surface area contributed by atoms with Gasteiger partial charge in [-0.2, -0.15) is 0 Å². The van der Waals surface area contributed by atoms with Crippen LogP contribution in [0, 0.1) is 10.1 Å². The molecule has 0 unspecified atom stereocenters. The summed E-state index contributed by atoms with van der Waals surface area (Å²) in [5, 5.41) is 40.8. The molecule has 1 amide bonds. The molecule has 1 aromatic rings. The monoisotopic (exact) mass is 299 g/mol. The Labute approximate surface area is 120 Å². The number of aromatic nitrogens is 1. The van der Waals surface area contributed by atoms with Gasteiger partial charge in [-0.25, -0.2) is 0 Å². The molecule has 1 aliphatic rings. The van der Waals surface area contributed by atoms with E-state index in [4.69, 9.17) is 0 Å². The normalized spacial score (nSPS) is 15.0. The molecule has 1 fully saturated rings. The summed E-state index contributed by atoms with van der Waals surface area (Å²) in [6, 6.07) is 1.19. The lowest BCUT2D eigenvalue weighted by Gasteiger charge is -2.28. The first-order valence-corrected chi connectivity index (χ1v) is 6.47. The summed E-state index contributed by atoms with van der Waals surface area (Å²) in [4.78, 5) is 22.5. The van der Waals surface area contributed by atoms with Crippen molar-refractivity contribution < 1.29 is 25.0 Å². The second-order valence-electron chi connectivity index (χ2n) is 5.19. The summed E-state index contributed by atoms with van der Waals surface area (Å²) in [5.41, 5.74) is -1.69. The zero-order valence-corrected chi connectivity index (χ0v) is 11.2. The smallest absolute Gasteiger partial charge is 0.287 e. The minimum atomic E-state index is -1.56. The third-order valence-electron chi connectivity index (χ3n) is 3.50. The van der Waals surface area contributed by atoms with Gasteiger partial charge < -0.3 is 25.2 Å². The molecule has 1 saturated carbocycles. The molecule has 2 rings (SSSR count). The minimum absolute atomic E-state index is 0.0474. The van der Waals surface area contributed by atoms with Gasteiger partial charge in [0.05, 0.1) is 30.9 Å². The molecule has 0 aromatic carbocycles. The first kappa shape index (κ1) is 15.4. The maximum Gasteiger partial charge on any atom is 0.287 e. The van der Waals surface area contributed by atoms with E-state index >= 15 is 0 Å². The second kappa shape index (κ2) is 5.80. The van der Waals surface area contributed by atoms with Gasteiger partial charge in [0, 0.05) is 12.1 Å². The van der Waals surface area contributed by atoms with Gasteiger partial charge >= 0.3 is 0 Å². The van der Waals surface area contributed by atoms with Gasteiger partial charge in [0.15, 0.2) is 0 Å². The van der Waals surface area contributed by atoms with Crippen LogP contribution in [0.15, 0.2) is 12.3 Å². The molecule has 1 aromatic heterocycles. The summed E-state index contributed by atoms with van der Waals surface area (Å²) in [7, 11) is 0. The standard InChI is InChI=1S/C12H17N3O6/c16-5-12(6-17,7-18)13-11(19)10-3-9(15(20)21)4-14(10)8-1-2-8/h3-4,8,16-18H,1-2,5-7H2,(H,13,19). The lowest BCUT2D eigenvalue weighted by atomic mass is 10.0. The van der Waals surface area contributed by atoms with Crippen molar-refractivity contribution in [1.29, 1.82) is 0 Å². The number of aliphatic hydroxyl groups excluding tert-OH is 3. The molecule has 9 nitrogen and oxygen atoms in total. The van der Waals surface area contributed by atoms with Crippen LogP contribution < -0.4 is 5.32 Å². The third kappa shape index (κ3) is 3.04. The molecule has 4 N–H and O–H groups in total. The highest BCUT2D eigenvalue weighted by Gasteiger charge is 2.34. The SMILES string of the molecule is O=C(NC(CO)(CO)CO)c1cc([N+](=O)[O-])cn1C1CC1. The quantitative estimate of drug-likeness (QED) is 0.383. The highest BCUT2D eigenvalue weighted by Crippen LogP contribution is 2.37. The fraction of sp³-hybridized carbons (Fsp3) is 0.583. The van der Waals surface area contributed by atoms with Crippen LogP contribution in [0.5, 0.6) is 0 Å². The van der Waals surface area contributed by atoms with Gasteiger partial charge in [-0.15, -0.1) is 0 Å². The number of hydrogen-bond acceptors (Lipinski definition) is 6. The first-order chi connectivity index (χ1) is 9.96. The molecule has 0 radical (unpaired) electrons. The van der Waals surface area contributed by atoms with E-state index in [9.17, 15) is 30.2 Å². The minimum Gasteiger partial charge on any atom is -0.394 e. The van der Waals surface area contributed by atoms with Crippen molar-refractivity contribution in [3.63, 3.8) is 0 Å². The van der Waals surface area contributed by atoms with Crippen LogP contribution >= 0.6 is 0 Å². The molecule has 0 atom stereocenters. The van der Waals surface area contributed by atoms with Crippen molar-refractivity contribution >= 4 is 11.6 Å². The van der Waals surface area contributed by atoms with E-state index in [1.807, 2.05) is 0 Å². The molecule has 116 valence electrons. The average molecular weight is 299 g/mol. The maximum atomic E-state index is 12.2. The van der Waals surface area contributed by atoms with E-state index in [0.29, 0.717) is 0 Å². The Balaban J connectivity index is 2.28. The van der Waals surface area contributed by atoms with Gasteiger partial charge in [0.2, 0.25) is 0 Å². The van der Waals surface area contributed by atoms with E-state index in [0.717, 1.165) is 18.9 Å². The Morgan fingerprint density at radius 1 is 1.38 bits per heavy atom. The van der Waals surface area contributed by atoms with Crippen molar-refractivity contribution in [1.82, 2.24) is 9.88 Å². The van der Waals surface area contributed by atoms with Crippen LogP contribution in [-0.2, 0) is 0 Å². The molecular weight excluding hydrogens is 282 g/mol. The lowest BCUT2D eigenvalue weighted by molar-refractivity contribution is -0.384. The van der Waals surface area contributed by atoms with Crippen LogP contribution in [0.4, 0.5) is 5.69 Å². The van der Waals surface area contributed by atoms with Gasteiger partial charge in [-0.05, 0) is 12.8 Å². The van der Waals surface area contributed by atoms with E-state index < -0.39 is 36.2 Å². The van der Waals surface area contributed by atoms with Crippen LogP contribution in [0.25, 0.3) is 0 Å². The Hall–Kier alpha value is -1.97. The van der Waals surface area contributed by atoms with Gasteiger partial charge in [0.1, 0.15) is 11.2 Å². The summed E-state index contributed by atoms with van der Waals surface area (Å²) in [6.45, 7) is -1.96. The summed E-state index contributed by atoms with van der Waals surface area (Å²) >= 11 is 0. The second-order valence-corrected chi connectivity index (χ2v) is 5.19. The van der Waals surface area contributed by atoms with Crippen LogP contribution in [0.3, 0.4) is 0 Å².